The van der Waals surface area contributed by atoms with E-state index in [-0.39, 0.29) is 5.91 Å². The average Bonchev–Trinajstić information content (AvgIpc) is 2.33. The Labute approximate surface area is 73.9 Å². The molecule has 3 nitrogen and oxygen atoms in total. The molecule has 0 aromatic rings. The van der Waals surface area contributed by atoms with Crippen molar-refractivity contribution in [3.05, 3.63) is 0 Å². The number of carbonyl (C=O) groups excluding carboxylic acids is 1. The molecule has 0 aromatic heterocycles. The van der Waals surface area contributed by atoms with E-state index in [1.165, 1.54) is 19.3 Å². The molecule has 1 unspecified atom stereocenters. The molecule has 0 saturated carbocycles. The number of amides is 1. The van der Waals surface area contributed by atoms with Crippen LogP contribution in [0.2, 0.25) is 0 Å². The lowest BCUT2D eigenvalue weighted by Gasteiger charge is -2.12. The molecule has 1 amide bonds. The zero-order valence-electron chi connectivity index (χ0n) is 7.73. The van der Waals surface area contributed by atoms with Crippen molar-refractivity contribution in [3.8, 4) is 0 Å². The molecule has 1 aliphatic rings. The molecular formula is C9H18N2O. The summed E-state index contributed by atoms with van der Waals surface area (Å²) in [7, 11) is 1.70. The maximum Gasteiger partial charge on any atom is 0.220 e. The molecule has 2 N–H and O–H groups in total. The predicted octanol–water partition coefficient (Wildman–Crippen LogP) is 0.512. The van der Waals surface area contributed by atoms with Gasteiger partial charge in [-0.15, -0.1) is 0 Å². The highest BCUT2D eigenvalue weighted by molar-refractivity contribution is 5.75. The normalized spacial score (nSPS) is 24.6. The van der Waals surface area contributed by atoms with E-state index in [1.807, 2.05) is 0 Å². The average molecular weight is 170 g/mol. The summed E-state index contributed by atoms with van der Waals surface area (Å²) in [5.74, 6) is 0.719. The van der Waals surface area contributed by atoms with Crippen LogP contribution in [0, 0.1) is 5.92 Å². The van der Waals surface area contributed by atoms with Gasteiger partial charge in [0.1, 0.15) is 0 Å². The zero-order chi connectivity index (χ0) is 8.81. The van der Waals surface area contributed by atoms with Crippen LogP contribution >= 0.6 is 0 Å². The molecule has 1 rings (SSSR count). The summed E-state index contributed by atoms with van der Waals surface area (Å²) in [6.45, 7) is 2.12. The lowest BCUT2D eigenvalue weighted by atomic mass is 9.99. The van der Waals surface area contributed by atoms with Gasteiger partial charge in [-0.2, -0.15) is 0 Å². The Morgan fingerprint density at radius 1 is 1.58 bits per heavy atom. The molecule has 0 radical (unpaired) electrons. The van der Waals surface area contributed by atoms with E-state index in [2.05, 4.69) is 10.6 Å². The first-order chi connectivity index (χ1) is 5.83. The SMILES string of the molecule is CNC(=O)CC1CCCCNC1. The molecule has 1 aliphatic heterocycles. The van der Waals surface area contributed by atoms with E-state index < -0.39 is 0 Å². The molecule has 1 heterocycles. The smallest absolute Gasteiger partial charge is 0.220 e. The van der Waals surface area contributed by atoms with Gasteiger partial charge in [0.2, 0.25) is 5.91 Å². The minimum atomic E-state index is 0.170. The fraction of sp³-hybridized carbons (Fsp3) is 0.889. The highest BCUT2D eigenvalue weighted by Gasteiger charge is 2.14. The third-order valence-corrected chi connectivity index (χ3v) is 2.40. The maximum atomic E-state index is 11.1. The Morgan fingerprint density at radius 2 is 2.42 bits per heavy atom. The predicted molar refractivity (Wildman–Crippen MR) is 48.9 cm³/mol. The Morgan fingerprint density at radius 3 is 3.17 bits per heavy atom. The van der Waals surface area contributed by atoms with Crippen molar-refractivity contribution < 1.29 is 4.79 Å². The largest absolute Gasteiger partial charge is 0.359 e. The first-order valence-corrected chi connectivity index (χ1v) is 4.74. The lowest BCUT2D eigenvalue weighted by molar-refractivity contribution is -0.121. The van der Waals surface area contributed by atoms with E-state index in [4.69, 9.17) is 0 Å². The molecule has 3 heteroatoms. The van der Waals surface area contributed by atoms with Gasteiger partial charge in [0.15, 0.2) is 0 Å². The molecule has 0 spiro atoms. The fourth-order valence-corrected chi connectivity index (χ4v) is 1.63. The molecule has 0 aliphatic carbocycles. The fourth-order valence-electron chi connectivity index (χ4n) is 1.63. The van der Waals surface area contributed by atoms with Gasteiger partial charge >= 0.3 is 0 Å². The van der Waals surface area contributed by atoms with Crippen LogP contribution in [0.5, 0.6) is 0 Å². The summed E-state index contributed by atoms with van der Waals surface area (Å²) in [5, 5.41) is 6.01. The molecule has 1 saturated heterocycles. The van der Waals surface area contributed by atoms with Crippen molar-refractivity contribution >= 4 is 5.91 Å². The van der Waals surface area contributed by atoms with Crippen LogP contribution in [-0.2, 0) is 4.79 Å². The van der Waals surface area contributed by atoms with Crippen molar-refractivity contribution in [3.63, 3.8) is 0 Å². The van der Waals surface area contributed by atoms with Crippen molar-refractivity contribution in [2.45, 2.75) is 25.7 Å². The summed E-state index contributed by atoms with van der Waals surface area (Å²) >= 11 is 0. The number of nitrogens with one attached hydrogen (secondary N) is 2. The second-order valence-electron chi connectivity index (χ2n) is 3.44. The van der Waals surface area contributed by atoms with Gasteiger partial charge in [-0.25, -0.2) is 0 Å². The highest BCUT2D eigenvalue weighted by Crippen LogP contribution is 2.14. The van der Waals surface area contributed by atoms with Crippen LogP contribution in [0.15, 0.2) is 0 Å². The minimum absolute atomic E-state index is 0.170. The monoisotopic (exact) mass is 170 g/mol. The maximum absolute atomic E-state index is 11.1. The molecule has 12 heavy (non-hydrogen) atoms. The van der Waals surface area contributed by atoms with E-state index in [0.29, 0.717) is 12.3 Å². The molecule has 0 bridgehead atoms. The third kappa shape index (κ3) is 3.22. The second kappa shape index (κ2) is 5.14. The summed E-state index contributed by atoms with van der Waals surface area (Å²) in [4.78, 5) is 11.1. The van der Waals surface area contributed by atoms with Crippen molar-refractivity contribution in [1.29, 1.82) is 0 Å². The van der Waals surface area contributed by atoms with E-state index >= 15 is 0 Å². The van der Waals surface area contributed by atoms with Crippen LogP contribution in [-0.4, -0.2) is 26.0 Å². The summed E-state index contributed by atoms with van der Waals surface area (Å²) < 4.78 is 0. The van der Waals surface area contributed by atoms with Crippen LogP contribution < -0.4 is 10.6 Å². The topological polar surface area (TPSA) is 41.1 Å². The molecular weight excluding hydrogens is 152 g/mol. The van der Waals surface area contributed by atoms with E-state index in [1.54, 1.807) is 7.05 Å². The first-order valence-electron chi connectivity index (χ1n) is 4.74. The van der Waals surface area contributed by atoms with Gasteiger partial charge in [-0.05, 0) is 31.8 Å². The Balaban J connectivity index is 2.24. The van der Waals surface area contributed by atoms with Gasteiger partial charge in [0, 0.05) is 13.5 Å². The number of hydrogen-bond acceptors (Lipinski definition) is 2. The number of carbonyl (C=O) groups is 1. The minimum Gasteiger partial charge on any atom is -0.359 e. The molecule has 1 atom stereocenters. The standard InChI is InChI=1S/C9H18N2O/c1-10-9(12)6-8-4-2-3-5-11-7-8/h8,11H,2-7H2,1H3,(H,10,12). The Kier molecular flexibility index (Phi) is 4.08. The van der Waals surface area contributed by atoms with Gasteiger partial charge in [0.25, 0.3) is 0 Å². The number of hydrogen-bond donors (Lipinski definition) is 2. The Bertz CT molecular complexity index is 139. The summed E-state index contributed by atoms with van der Waals surface area (Å²) in [6.07, 6.45) is 4.39. The molecule has 70 valence electrons. The highest BCUT2D eigenvalue weighted by atomic mass is 16.1. The lowest BCUT2D eigenvalue weighted by Crippen LogP contribution is -2.26. The van der Waals surface area contributed by atoms with E-state index in [0.717, 1.165) is 13.1 Å². The quantitative estimate of drug-likeness (QED) is 0.634. The summed E-state index contributed by atoms with van der Waals surface area (Å²) in [6, 6.07) is 0. The molecule has 1 fully saturated rings. The molecule has 0 aromatic carbocycles. The van der Waals surface area contributed by atoms with Crippen LogP contribution in [0.4, 0.5) is 0 Å². The van der Waals surface area contributed by atoms with Gasteiger partial charge in [-0.3, -0.25) is 4.79 Å². The third-order valence-electron chi connectivity index (χ3n) is 2.40. The van der Waals surface area contributed by atoms with Gasteiger partial charge in [0.05, 0.1) is 0 Å². The van der Waals surface area contributed by atoms with Crippen LogP contribution in [0.25, 0.3) is 0 Å². The van der Waals surface area contributed by atoms with Gasteiger partial charge < -0.3 is 10.6 Å². The van der Waals surface area contributed by atoms with Gasteiger partial charge in [-0.1, -0.05) is 6.42 Å². The first kappa shape index (κ1) is 9.52. The van der Waals surface area contributed by atoms with Crippen molar-refractivity contribution in [2.24, 2.45) is 5.92 Å². The zero-order valence-corrected chi connectivity index (χ0v) is 7.73. The Hall–Kier alpha value is -0.570. The van der Waals surface area contributed by atoms with Crippen molar-refractivity contribution in [1.82, 2.24) is 10.6 Å². The van der Waals surface area contributed by atoms with E-state index in [9.17, 15) is 4.79 Å². The summed E-state index contributed by atoms with van der Waals surface area (Å²) in [5.41, 5.74) is 0. The van der Waals surface area contributed by atoms with Crippen LogP contribution in [0.1, 0.15) is 25.7 Å². The number of rotatable bonds is 2. The second-order valence-corrected chi connectivity index (χ2v) is 3.44. The van der Waals surface area contributed by atoms with Crippen LogP contribution in [0.3, 0.4) is 0 Å². The van der Waals surface area contributed by atoms with Crippen molar-refractivity contribution in [2.75, 3.05) is 20.1 Å².